The van der Waals surface area contributed by atoms with E-state index in [9.17, 15) is 0 Å². The molecule has 0 aliphatic heterocycles. The van der Waals surface area contributed by atoms with E-state index < -0.39 is 0 Å². The fraction of sp³-hybridized carbons (Fsp3) is 0.514. The van der Waals surface area contributed by atoms with E-state index in [1.165, 1.54) is 49.8 Å². The van der Waals surface area contributed by atoms with Gasteiger partial charge in [-0.05, 0) is 130 Å². The molecule has 0 atom stereocenters. The summed E-state index contributed by atoms with van der Waals surface area (Å²) >= 11 is 0. The summed E-state index contributed by atoms with van der Waals surface area (Å²) in [4.78, 5) is 59.6. The predicted molar refractivity (Wildman–Crippen MR) is 524 cm³/mol. The highest BCUT2D eigenvalue weighted by Crippen LogP contribution is 2.35. The van der Waals surface area contributed by atoms with Gasteiger partial charge in [-0.1, -0.05) is 336 Å². The number of H-pyrrole nitrogens is 7. The van der Waals surface area contributed by atoms with Crippen LogP contribution < -0.4 is 0 Å². The number of hydrogen-bond acceptors (Lipinski definition) is 8. The summed E-state index contributed by atoms with van der Waals surface area (Å²) in [7, 11) is 0. The summed E-state index contributed by atoms with van der Waals surface area (Å²) in [5, 5.41) is 2.56. The first kappa shape index (κ1) is 101. The first-order chi connectivity index (χ1) is 55.1. The molecule has 0 unspecified atom stereocenters. The summed E-state index contributed by atoms with van der Waals surface area (Å²) in [5.74, 6) is 14.5. The van der Waals surface area contributed by atoms with E-state index in [-0.39, 0.29) is 72.4 Å². The third-order valence-corrected chi connectivity index (χ3v) is 20.5. The van der Waals surface area contributed by atoms with E-state index in [2.05, 4.69) is 473 Å². The summed E-state index contributed by atoms with van der Waals surface area (Å²) in [6, 6.07) is 39.3. The van der Waals surface area contributed by atoms with E-state index in [4.69, 9.17) is 0 Å². The van der Waals surface area contributed by atoms with Gasteiger partial charge in [0, 0.05) is 89.6 Å². The Hall–Kier alpha value is -9.94. The van der Waals surface area contributed by atoms with Gasteiger partial charge in [-0.25, -0.2) is 34.9 Å². The largest absolute Gasteiger partial charge is 0.345 e. The van der Waals surface area contributed by atoms with Gasteiger partial charge in [0.15, 0.2) is 0 Å². The number of nitrogens with zero attached hydrogens (tertiary/aromatic N) is 8. The molecule has 0 amide bonds. The van der Waals surface area contributed by atoms with Crippen LogP contribution in [0.4, 0.5) is 0 Å². The van der Waals surface area contributed by atoms with E-state index >= 15 is 0 Å². The zero-order valence-corrected chi connectivity index (χ0v) is 82.1. The average molecular weight is 1650 g/mol. The number of nitrogens with one attached hydrogen (secondary N) is 7. The molecular formula is C107H157N15. The van der Waals surface area contributed by atoms with Gasteiger partial charge in [-0.2, -0.15) is 0 Å². The molecule has 122 heavy (non-hydrogen) atoms. The maximum absolute atomic E-state index is 4.65. The molecule has 0 saturated heterocycles. The first-order valence-electron chi connectivity index (χ1n) is 43.6. The first-order valence-corrected chi connectivity index (χ1v) is 43.6. The second-order valence-corrected chi connectivity index (χ2v) is 45.8. The molecule has 0 radical (unpaired) electrons. The van der Waals surface area contributed by atoms with Crippen molar-refractivity contribution < 1.29 is 0 Å². The van der Waals surface area contributed by atoms with E-state index in [1.54, 1.807) is 6.20 Å². The van der Waals surface area contributed by atoms with Gasteiger partial charge in [-0.15, -0.1) is 0 Å². The lowest BCUT2D eigenvalue weighted by Gasteiger charge is -2.19. The molecule has 15 heteroatoms. The number of aromatic amines is 7. The number of rotatable bonds is 5. The Kier molecular flexibility index (Phi) is 31.8. The molecule has 8 heterocycles. The quantitative estimate of drug-likeness (QED) is 0.0822. The zero-order valence-electron chi connectivity index (χ0n) is 82.1. The highest BCUT2D eigenvalue weighted by Gasteiger charge is 2.27. The van der Waals surface area contributed by atoms with Crippen LogP contribution in [0.2, 0.25) is 0 Å². The fourth-order valence-corrected chi connectivity index (χ4v) is 12.2. The van der Waals surface area contributed by atoms with Crippen LogP contribution in [0.3, 0.4) is 0 Å². The average Bonchev–Trinajstić information content (AvgIpc) is 1.54. The van der Waals surface area contributed by atoms with Crippen molar-refractivity contribution in [2.75, 3.05) is 0 Å². The molecular weight excluding hydrogens is 1500 g/mol. The monoisotopic (exact) mass is 1650 g/mol. The SMILES string of the molecule is C.CC(C)(C)C#Cc1cnc(C(C)(C)C)[nH]1.CC(C)(C)c1ccc(-c2cnc(C(C)(C)C)[nH]2)cc1.CC(C)(C)c1ccc(-c2cnc(C(C)(C)C)[nH]2)cn1.CC(C)(C)c1ccc2nc(C(C)(C)C)[nH]c2c1.CC(C)(C)c1cnc(C(C)(C)C)[nH]1.CC(C)c1ccc2nc(C(C)(C)C)[nH]c2c1.CC(C)c1ncc(-c2ccc3cc(C(C)(C)C)ccc3c2)[nH]1. The molecule has 7 N–H and O–H groups in total. The predicted octanol–water partition coefficient (Wildman–Crippen LogP) is 29.3. The van der Waals surface area contributed by atoms with Crippen molar-refractivity contribution in [2.24, 2.45) is 5.41 Å². The molecule has 8 aromatic heterocycles. The Bertz CT molecular complexity index is 5380. The number of imidazole rings is 7. The molecule has 0 aliphatic rings. The smallest absolute Gasteiger partial charge is 0.112 e. The van der Waals surface area contributed by atoms with E-state index in [0.717, 1.165) is 96.9 Å². The third-order valence-electron chi connectivity index (χ3n) is 20.5. The van der Waals surface area contributed by atoms with Crippen LogP contribution in [0.15, 0.2) is 146 Å². The van der Waals surface area contributed by atoms with Gasteiger partial charge < -0.3 is 34.9 Å². The molecule has 0 spiro atoms. The standard InChI is InChI=1S/C20H24N2.C17H24N2.C16H23N3.C15H22N2.C14H20N2.C13H20N2.C11H20N2.CH4/c1-13(2)19-21-12-18(22-19)16-7-6-15-11-17(20(3,4)5)9-8-14(15)10-16;1-16(2,3)13-9-7-12(8-10-13)14-11-18-15(19-14)17(4,5)6;1-15(2,3)13-8-7-11(9-17-13)12-10-18-14(19-12)16(4,5)6;1-14(2,3)10-7-8-11-12(9-10)17-13(16-11)15(4,5)6;1-9(2)10-6-7-11-12(8-10)16-13(15-11)14(3,4)5;1-12(2,3)8-7-10-9-14-11(15-10)13(4,5)6;1-10(2,3)8-7-12-9(13-8)11(4,5)6;/h6-13H,1-5H3,(H,21,22);7-11H,1-6H3,(H,18,19);7-10H,1-6H3,(H,18,19);7-9H,1-6H3,(H,16,17);6-9H,1-5H3,(H,15,16);9H,1-6H3,(H,14,15);7H,1-6H3,(H,12,13);1H4. The van der Waals surface area contributed by atoms with Crippen molar-refractivity contribution in [3.63, 3.8) is 0 Å². The molecule has 0 saturated carbocycles. The van der Waals surface area contributed by atoms with E-state index in [0.29, 0.717) is 11.8 Å². The van der Waals surface area contributed by atoms with Crippen molar-refractivity contribution >= 4 is 32.8 Å². The molecule has 0 fully saturated rings. The van der Waals surface area contributed by atoms with Crippen LogP contribution >= 0.6 is 0 Å². The number of fused-ring (bicyclic) bond motifs is 3. The van der Waals surface area contributed by atoms with Crippen molar-refractivity contribution in [1.82, 2.24) is 74.8 Å². The Morgan fingerprint density at radius 3 is 1.08 bits per heavy atom. The van der Waals surface area contributed by atoms with Gasteiger partial charge in [0.1, 0.15) is 46.5 Å². The zero-order chi connectivity index (χ0) is 91.2. The van der Waals surface area contributed by atoms with Gasteiger partial charge in [0.05, 0.1) is 63.9 Å². The van der Waals surface area contributed by atoms with Gasteiger partial charge in [-0.3, -0.25) is 4.98 Å². The normalized spacial score (nSPS) is 12.6. The van der Waals surface area contributed by atoms with Crippen LogP contribution in [0.1, 0.15) is 376 Å². The summed E-state index contributed by atoms with van der Waals surface area (Å²) < 4.78 is 0. The van der Waals surface area contributed by atoms with Crippen LogP contribution in [0.5, 0.6) is 0 Å². The highest BCUT2D eigenvalue weighted by atomic mass is 15.0. The van der Waals surface area contributed by atoms with Gasteiger partial charge in [0.2, 0.25) is 0 Å². The molecule has 15 nitrogen and oxygen atoms in total. The van der Waals surface area contributed by atoms with Crippen molar-refractivity contribution in [3.8, 4) is 45.6 Å². The Morgan fingerprint density at radius 2 is 0.672 bits per heavy atom. The van der Waals surface area contributed by atoms with Gasteiger partial charge >= 0.3 is 0 Å². The molecule has 0 bridgehead atoms. The lowest BCUT2D eigenvalue weighted by Crippen LogP contribution is -2.15. The molecule has 5 aromatic carbocycles. The minimum Gasteiger partial charge on any atom is -0.345 e. The summed E-state index contributed by atoms with van der Waals surface area (Å²) in [5.41, 5.74) is 21.0. The molecule has 13 rings (SSSR count). The number of benzene rings is 5. The Labute approximate surface area is 736 Å². The topological polar surface area (TPSA) is 214 Å². The Balaban J connectivity index is 0.000000221. The van der Waals surface area contributed by atoms with Crippen LogP contribution in [0.25, 0.3) is 66.6 Å². The van der Waals surface area contributed by atoms with Crippen LogP contribution in [-0.4, -0.2) is 74.8 Å². The molecule has 660 valence electrons. The molecule has 13 aromatic rings. The maximum Gasteiger partial charge on any atom is 0.112 e. The minimum absolute atomic E-state index is 0. The lowest BCUT2D eigenvalue weighted by molar-refractivity contribution is 0.535. The van der Waals surface area contributed by atoms with Crippen LogP contribution in [0, 0.1) is 17.3 Å². The van der Waals surface area contributed by atoms with Gasteiger partial charge in [0.25, 0.3) is 0 Å². The summed E-state index contributed by atoms with van der Waals surface area (Å²) in [6.07, 6.45) is 11.4. The number of aromatic nitrogens is 15. The third kappa shape index (κ3) is 29.4. The van der Waals surface area contributed by atoms with Crippen LogP contribution in [-0.2, 0) is 59.6 Å². The fourth-order valence-electron chi connectivity index (χ4n) is 12.2. The van der Waals surface area contributed by atoms with Crippen molar-refractivity contribution in [2.45, 2.75) is 356 Å². The lowest BCUT2D eigenvalue weighted by atomic mass is 9.86. The second kappa shape index (κ2) is 38.4. The highest BCUT2D eigenvalue weighted by molar-refractivity contribution is 5.87. The number of hydrogen-bond donors (Lipinski definition) is 7. The Morgan fingerprint density at radius 1 is 0.279 bits per heavy atom. The minimum atomic E-state index is 0. The van der Waals surface area contributed by atoms with Crippen molar-refractivity contribution in [3.05, 3.63) is 226 Å². The molecule has 0 aliphatic carbocycles. The van der Waals surface area contributed by atoms with Crippen molar-refractivity contribution in [1.29, 1.82) is 0 Å². The summed E-state index contributed by atoms with van der Waals surface area (Å²) in [6.45, 7) is 87.1. The maximum atomic E-state index is 4.65. The second-order valence-electron chi connectivity index (χ2n) is 45.8. The van der Waals surface area contributed by atoms with E-state index in [1.807, 2.05) is 31.0 Å². The number of pyridine rings is 1.